The minimum atomic E-state index is -1.53. The predicted molar refractivity (Wildman–Crippen MR) is 205 cm³/mol. The second kappa shape index (κ2) is 13.4. The number of hydrogen-bond donors (Lipinski definition) is 2. The minimum absolute atomic E-state index is 0.0944. The van der Waals surface area contributed by atoms with E-state index in [0.29, 0.717) is 41.5 Å². The van der Waals surface area contributed by atoms with E-state index in [1.165, 1.54) is 12.0 Å². The normalized spacial score (nSPS) is 27.4. The van der Waals surface area contributed by atoms with Crippen LogP contribution in [0.5, 0.6) is 11.5 Å². The highest BCUT2D eigenvalue weighted by atomic mass is 16.5. The number of hydrogen-bond acceptors (Lipinski definition) is 9. The molecule has 2 aliphatic carbocycles. The molecular weight excluding hydrogens is 697 g/mol. The molecular formula is C44H42N4O7. The van der Waals surface area contributed by atoms with Gasteiger partial charge in [-0.05, 0) is 79.8 Å². The fourth-order valence-electron chi connectivity index (χ4n) is 9.95. The molecule has 4 amide bonds. The van der Waals surface area contributed by atoms with Crippen LogP contribution in [-0.2, 0) is 29.3 Å². The molecule has 4 aromatic rings. The molecule has 0 radical (unpaired) electrons. The van der Waals surface area contributed by atoms with Gasteiger partial charge in [0.15, 0.2) is 0 Å². The van der Waals surface area contributed by atoms with Crippen LogP contribution in [0.25, 0.3) is 0 Å². The van der Waals surface area contributed by atoms with Crippen LogP contribution >= 0.6 is 0 Å². The molecule has 1 saturated carbocycles. The molecule has 4 aromatic carbocycles. The summed E-state index contributed by atoms with van der Waals surface area (Å²) >= 11 is 0. The number of nitrogens with one attached hydrogen (secondary N) is 1. The average Bonchev–Trinajstić information content (AvgIpc) is 3.60. The molecule has 3 heterocycles. The van der Waals surface area contributed by atoms with Gasteiger partial charge >= 0.3 is 0 Å². The predicted octanol–water partition coefficient (Wildman–Crippen LogP) is 5.74. The number of carbonyl (C=O) groups is 4. The first-order chi connectivity index (χ1) is 26.7. The number of rotatable bonds is 7. The number of imide groups is 2. The number of fused-ring (bicyclic) bond motifs is 4. The summed E-state index contributed by atoms with van der Waals surface area (Å²) < 4.78 is 11.4. The Morgan fingerprint density at radius 1 is 0.800 bits per heavy atom. The number of morpholine rings is 1. The summed E-state index contributed by atoms with van der Waals surface area (Å²) in [7, 11) is 1.50. The van der Waals surface area contributed by atoms with Crippen LogP contribution in [0.3, 0.4) is 0 Å². The van der Waals surface area contributed by atoms with E-state index in [-0.39, 0.29) is 30.4 Å². The smallest absolute Gasteiger partial charge is 0.260 e. The van der Waals surface area contributed by atoms with E-state index in [9.17, 15) is 19.5 Å². The largest absolute Gasteiger partial charge is 0.508 e. The molecule has 6 atom stereocenters. The van der Waals surface area contributed by atoms with Gasteiger partial charge in [0.05, 0.1) is 54.9 Å². The van der Waals surface area contributed by atoms with Gasteiger partial charge in [-0.2, -0.15) is 5.01 Å². The Balaban J connectivity index is 1.18. The Bertz CT molecular complexity index is 2220. The summed E-state index contributed by atoms with van der Waals surface area (Å²) in [6.07, 6.45) is 2.39. The number of phenolic OH excluding ortho intramolecular Hbond substituents is 1. The zero-order valence-electron chi connectivity index (χ0n) is 30.7. The van der Waals surface area contributed by atoms with E-state index in [1.807, 2.05) is 91.9 Å². The van der Waals surface area contributed by atoms with Gasteiger partial charge < -0.3 is 19.5 Å². The Labute approximate surface area is 319 Å². The zero-order valence-corrected chi connectivity index (χ0v) is 30.7. The van der Waals surface area contributed by atoms with Crippen molar-refractivity contribution in [3.05, 3.63) is 125 Å². The lowest BCUT2D eigenvalue weighted by molar-refractivity contribution is -0.138. The van der Waals surface area contributed by atoms with Crippen molar-refractivity contribution in [3.8, 4) is 11.5 Å². The monoisotopic (exact) mass is 738 g/mol. The molecule has 55 heavy (non-hydrogen) atoms. The van der Waals surface area contributed by atoms with Crippen LogP contribution in [0.2, 0.25) is 0 Å². The highest BCUT2D eigenvalue weighted by molar-refractivity contribution is 6.22. The molecule has 280 valence electrons. The van der Waals surface area contributed by atoms with E-state index < -0.39 is 46.8 Å². The number of aryl methyl sites for hydroxylation is 1. The van der Waals surface area contributed by atoms with Crippen molar-refractivity contribution in [2.45, 2.75) is 31.1 Å². The first-order valence-corrected chi connectivity index (χ1v) is 18.9. The molecule has 0 aromatic heterocycles. The van der Waals surface area contributed by atoms with Gasteiger partial charge in [-0.25, -0.2) is 0 Å². The fraction of sp³-hybridized carbons (Fsp3) is 0.318. The summed E-state index contributed by atoms with van der Waals surface area (Å²) in [5.74, 6) is -5.14. The minimum Gasteiger partial charge on any atom is -0.508 e. The molecule has 9 rings (SSSR count). The van der Waals surface area contributed by atoms with Crippen LogP contribution in [0.15, 0.2) is 109 Å². The number of nitrogens with zero attached hydrogens (tertiary/aromatic N) is 3. The number of anilines is 3. The van der Waals surface area contributed by atoms with Crippen molar-refractivity contribution in [3.63, 3.8) is 0 Å². The molecule has 5 aliphatic rings. The lowest BCUT2D eigenvalue weighted by atomic mass is 9.49. The molecule has 4 fully saturated rings. The number of benzene rings is 4. The SMILES string of the molecule is COc1cccc(O)c1C1C2=CCC3C(=O)N(c4ccc(N5CCOCC5)cc4)C(=O)C3C2CC2C(=O)N(Nc3ccc(C)cc3)C(=O)C21c1ccccc1. The van der Waals surface area contributed by atoms with Crippen LogP contribution in [0.4, 0.5) is 17.1 Å². The molecule has 6 unspecified atom stereocenters. The second-order valence-electron chi connectivity index (χ2n) is 15.1. The van der Waals surface area contributed by atoms with Crippen molar-refractivity contribution in [1.82, 2.24) is 5.01 Å². The Hall–Kier alpha value is -5.94. The van der Waals surface area contributed by atoms with E-state index in [4.69, 9.17) is 9.47 Å². The number of amides is 4. The molecule has 3 aliphatic heterocycles. The number of allylic oxidation sites excluding steroid dienone is 2. The van der Waals surface area contributed by atoms with E-state index in [1.54, 1.807) is 18.2 Å². The fourth-order valence-corrected chi connectivity index (χ4v) is 9.95. The summed E-state index contributed by atoms with van der Waals surface area (Å²) in [6.45, 7) is 4.75. The van der Waals surface area contributed by atoms with Crippen molar-refractivity contribution in [1.29, 1.82) is 0 Å². The van der Waals surface area contributed by atoms with Crippen LogP contribution in [0, 0.1) is 30.6 Å². The lowest BCUT2D eigenvalue weighted by Gasteiger charge is -2.50. The summed E-state index contributed by atoms with van der Waals surface area (Å²) in [6, 6.07) is 29.1. The molecule has 0 bridgehead atoms. The van der Waals surface area contributed by atoms with Crippen molar-refractivity contribution >= 4 is 40.7 Å². The zero-order chi connectivity index (χ0) is 38.0. The van der Waals surface area contributed by atoms with E-state index in [0.717, 1.165) is 34.9 Å². The third-order valence-corrected chi connectivity index (χ3v) is 12.4. The highest BCUT2D eigenvalue weighted by Crippen LogP contribution is 2.66. The van der Waals surface area contributed by atoms with Crippen LogP contribution in [0.1, 0.15) is 35.4 Å². The maximum absolute atomic E-state index is 15.4. The molecule has 11 heteroatoms. The van der Waals surface area contributed by atoms with Gasteiger partial charge in [0, 0.05) is 30.3 Å². The molecule has 3 saturated heterocycles. The number of methoxy groups -OCH3 is 1. The Morgan fingerprint density at radius 2 is 1.51 bits per heavy atom. The number of ether oxygens (including phenoxy) is 2. The number of hydrazine groups is 1. The first kappa shape index (κ1) is 34.8. The first-order valence-electron chi connectivity index (χ1n) is 18.9. The topological polar surface area (TPSA) is 129 Å². The molecule has 2 N–H and O–H groups in total. The summed E-state index contributed by atoms with van der Waals surface area (Å²) in [5.41, 5.74) is 6.37. The third-order valence-electron chi connectivity index (χ3n) is 12.4. The number of carbonyl (C=O) groups excluding carboxylic acids is 4. The Kier molecular flexibility index (Phi) is 8.49. The highest BCUT2D eigenvalue weighted by Gasteiger charge is 2.71. The van der Waals surface area contributed by atoms with E-state index in [2.05, 4.69) is 10.3 Å². The van der Waals surface area contributed by atoms with Gasteiger partial charge in [-0.3, -0.25) is 29.5 Å². The molecule has 0 spiro atoms. The number of phenols is 1. The van der Waals surface area contributed by atoms with Crippen LogP contribution in [-0.4, -0.2) is 67.2 Å². The lowest BCUT2D eigenvalue weighted by Crippen LogP contribution is -2.53. The van der Waals surface area contributed by atoms with Crippen molar-refractivity contribution < 1.29 is 33.8 Å². The van der Waals surface area contributed by atoms with Crippen molar-refractivity contribution in [2.75, 3.05) is 48.6 Å². The van der Waals surface area contributed by atoms with Crippen molar-refractivity contribution in [2.24, 2.45) is 23.7 Å². The Morgan fingerprint density at radius 3 is 2.22 bits per heavy atom. The third kappa shape index (κ3) is 5.27. The van der Waals surface area contributed by atoms with Gasteiger partial charge in [0.1, 0.15) is 11.5 Å². The van der Waals surface area contributed by atoms with Gasteiger partial charge in [0.25, 0.3) is 11.8 Å². The maximum atomic E-state index is 15.4. The second-order valence-corrected chi connectivity index (χ2v) is 15.1. The van der Waals surface area contributed by atoms with Crippen LogP contribution < -0.4 is 20.0 Å². The average molecular weight is 739 g/mol. The number of aromatic hydroxyl groups is 1. The summed E-state index contributed by atoms with van der Waals surface area (Å²) in [4.78, 5) is 62.9. The molecule has 11 nitrogen and oxygen atoms in total. The van der Waals surface area contributed by atoms with E-state index >= 15 is 4.79 Å². The summed E-state index contributed by atoms with van der Waals surface area (Å²) in [5, 5.41) is 12.9. The van der Waals surface area contributed by atoms with Gasteiger partial charge in [-0.15, -0.1) is 0 Å². The quantitative estimate of drug-likeness (QED) is 0.180. The standard InChI is InChI=1S/C44H42N4O7/c1-26-11-13-28(14-12-26)45-48-41(51)34-25-33-31(39(38-35(49)9-6-10-36(38)54-2)44(34,43(48)53)27-7-4-3-5-8-27)19-20-32-37(33)42(52)47(40(32)50)30-17-15-29(16-18-30)46-21-23-55-24-22-46/h3-19,32-34,37,39,45,49H,20-25H2,1-2H3. The van der Waals surface area contributed by atoms with Gasteiger partial charge in [0.2, 0.25) is 11.8 Å². The maximum Gasteiger partial charge on any atom is 0.260 e. The van der Waals surface area contributed by atoms with Gasteiger partial charge in [-0.1, -0.05) is 65.7 Å².